The van der Waals surface area contributed by atoms with Crippen molar-refractivity contribution in [3.05, 3.63) is 29.8 Å². The van der Waals surface area contributed by atoms with Gasteiger partial charge in [0.15, 0.2) is 0 Å². The lowest BCUT2D eigenvalue weighted by molar-refractivity contribution is -0.126. The van der Waals surface area contributed by atoms with Gasteiger partial charge in [0.05, 0.1) is 13.7 Å². The number of methoxy groups -OCH3 is 1. The molecule has 0 spiro atoms. The van der Waals surface area contributed by atoms with Gasteiger partial charge < -0.3 is 20.7 Å². The fourth-order valence-electron chi connectivity index (χ4n) is 3.86. The number of carbonyl (C=O) groups is 2. The molecule has 2 heterocycles. The minimum Gasteiger partial charge on any atom is -0.497 e. The van der Waals surface area contributed by atoms with Crippen LogP contribution >= 0.6 is 0 Å². The van der Waals surface area contributed by atoms with Crippen molar-refractivity contribution >= 4 is 11.8 Å². The van der Waals surface area contributed by atoms with Gasteiger partial charge in [-0.2, -0.15) is 0 Å². The molecule has 3 N–H and O–H groups in total. The molecule has 0 saturated carbocycles. The Bertz CT molecular complexity index is 590. The Hall–Kier alpha value is -2.08. The minimum atomic E-state index is -0.172. The molecule has 2 unspecified atom stereocenters. The molecule has 2 atom stereocenters. The van der Waals surface area contributed by atoms with Crippen LogP contribution in [0.3, 0.4) is 0 Å². The molecular formula is C19H27N3O3. The molecule has 136 valence electrons. The zero-order chi connectivity index (χ0) is 17.6. The maximum Gasteiger partial charge on any atom is 0.239 e. The number of piperidine rings is 1. The van der Waals surface area contributed by atoms with E-state index in [0.717, 1.165) is 24.2 Å². The van der Waals surface area contributed by atoms with Gasteiger partial charge >= 0.3 is 0 Å². The molecular weight excluding hydrogens is 318 g/mol. The van der Waals surface area contributed by atoms with Gasteiger partial charge in [0.25, 0.3) is 0 Å². The van der Waals surface area contributed by atoms with Crippen LogP contribution in [-0.4, -0.2) is 37.6 Å². The van der Waals surface area contributed by atoms with Crippen LogP contribution in [-0.2, 0) is 16.1 Å². The van der Waals surface area contributed by atoms with Gasteiger partial charge in [-0.05, 0) is 49.3 Å². The first kappa shape index (κ1) is 17.7. The molecule has 1 aromatic carbocycles. The van der Waals surface area contributed by atoms with Crippen LogP contribution in [0.5, 0.6) is 5.75 Å². The van der Waals surface area contributed by atoms with Gasteiger partial charge in [0.1, 0.15) is 5.75 Å². The Morgan fingerprint density at radius 2 is 1.76 bits per heavy atom. The zero-order valence-electron chi connectivity index (χ0n) is 14.7. The van der Waals surface area contributed by atoms with Gasteiger partial charge in [0, 0.05) is 25.0 Å². The zero-order valence-corrected chi connectivity index (χ0v) is 14.7. The third kappa shape index (κ3) is 5.19. The second kappa shape index (κ2) is 8.34. The third-order valence-electron chi connectivity index (χ3n) is 5.14. The SMILES string of the molecule is COc1ccc(CNC(=O)CNC(=O)CC2CC3CCC(C2)N3)cc1. The summed E-state index contributed by atoms with van der Waals surface area (Å²) in [6.45, 7) is 0.475. The van der Waals surface area contributed by atoms with Crippen LogP contribution in [0.4, 0.5) is 0 Å². The maximum absolute atomic E-state index is 12.1. The van der Waals surface area contributed by atoms with Crippen molar-refractivity contribution in [3.63, 3.8) is 0 Å². The number of ether oxygens (including phenoxy) is 1. The number of nitrogens with one attached hydrogen (secondary N) is 3. The number of hydrogen-bond donors (Lipinski definition) is 3. The summed E-state index contributed by atoms with van der Waals surface area (Å²) < 4.78 is 5.10. The number of benzene rings is 1. The van der Waals surface area contributed by atoms with E-state index in [0.29, 0.717) is 31.0 Å². The highest BCUT2D eigenvalue weighted by Crippen LogP contribution is 2.32. The molecule has 2 bridgehead atoms. The predicted molar refractivity (Wildman–Crippen MR) is 95.1 cm³/mol. The Balaban J connectivity index is 1.33. The average molecular weight is 345 g/mol. The van der Waals surface area contributed by atoms with E-state index < -0.39 is 0 Å². The van der Waals surface area contributed by atoms with Gasteiger partial charge in [-0.25, -0.2) is 0 Å². The van der Waals surface area contributed by atoms with Crippen molar-refractivity contribution in [1.82, 2.24) is 16.0 Å². The Morgan fingerprint density at radius 1 is 1.08 bits per heavy atom. The number of hydrogen-bond acceptors (Lipinski definition) is 4. The smallest absolute Gasteiger partial charge is 0.239 e. The largest absolute Gasteiger partial charge is 0.497 e. The molecule has 6 heteroatoms. The molecule has 2 aliphatic heterocycles. The summed E-state index contributed by atoms with van der Waals surface area (Å²) in [5.74, 6) is 1.04. The van der Waals surface area contributed by atoms with Crippen LogP contribution in [0.1, 0.15) is 37.7 Å². The summed E-state index contributed by atoms with van der Waals surface area (Å²) in [6, 6.07) is 8.70. The lowest BCUT2D eigenvalue weighted by Crippen LogP contribution is -2.41. The van der Waals surface area contributed by atoms with E-state index in [1.807, 2.05) is 24.3 Å². The van der Waals surface area contributed by atoms with Crippen LogP contribution in [0, 0.1) is 5.92 Å². The van der Waals surface area contributed by atoms with Gasteiger partial charge in [-0.1, -0.05) is 12.1 Å². The molecule has 2 fully saturated rings. The maximum atomic E-state index is 12.1. The van der Waals surface area contributed by atoms with Crippen molar-refractivity contribution in [1.29, 1.82) is 0 Å². The van der Waals surface area contributed by atoms with E-state index >= 15 is 0 Å². The predicted octanol–water partition coefficient (Wildman–Crippen LogP) is 1.35. The number of carbonyl (C=O) groups excluding carboxylic acids is 2. The fourth-order valence-corrected chi connectivity index (χ4v) is 3.86. The highest BCUT2D eigenvalue weighted by Gasteiger charge is 2.34. The van der Waals surface area contributed by atoms with E-state index in [-0.39, 0.29) is 18.4 Å². The summed E-state index contributed by atoms with van der Waals surface area (Å²) in [4.78, 5) is 24.0. The second-order valence-electron chi connectivity index (χ2n) is 7.08. The van der Waals surface area contributed by atoms with Crippen molar-refractivity contribution in [2.75, 3.05) is 13.7 Å². The summed E-state index contributed by atoms with van der Waals surface area (Å²) in [5, 5.41) is 9.14. The highest BCUT2D eigenvalue weighted by molar-refractivity contribution is 5.84. The molecule has 0 aromatic heterocycles. The molecule has 0 radical (unpaired) electrons. The fraction of sp³-hybridized carbons (Fsp3) is 0.579. The van der Waals surface area contributed by atoms with E-state index in [2.05, 4.69) is 16.0 Å². The second-order valence-corrected chi connectivity index (χ2v) is 7.08. The normalized spacial score (nSPS) is 24.6. The first-order valence-electron chi connectivity index (χ1n) is 9.04. The van der Waals surface area contributed by atoms with E-state index in [9.17, 15) is 9.59 Å². The Labute approximate surface area is 148 Å². The Kier molecular flexibility index (Phi) is 5.91. The van der Waals surface area contributed by atoms with Crippen molar-refractivity contribution in [3.8, 4) is 5.75 Å². The van der Waals surface area contributed by atoms with Crippen LogP contribution < -0.4 is 20.7 Å². The number of rotatable bonds is 7. The number of fused-ring (bicyclic) bond motifs is 2. The molecule has 0 aliphatic carbocycles. The van der Waals surface area contributed by atoms with E-state index in [1.54, 1.807) is 7.11 Å². The van der Waals surface area contributed by atoms with Crippen molar-refractivity contribution in [2.24, 2.45) is 5.92 Å². The summed E-state index contributed by atoms with van der Waals surface area (Å²) in [6.07, 6.45) is 5.15. The highest BCUT2D eigenvalue weighted by atomic mass is 16.5. The molecule has 25 heavy (non-hydrogen) atoms. The van der Waals surface area contributed by atoms with Crippen LogP contribution in [0.15, 0.2) is 24.3 Å². The molecule has 2 saturated heterocycles. The van der Waals surface area contributed by atoms with E-state index in [1.165, 1.54) is 12.8 Å². The molecule has 3 rings (SSSR count). The number of amides is 2. The monoisotopic (exact) mass is 345 g/mol. The molecule has 2 amide bonds. The van der Waals surface area contributed by atoms with Crippen LogP contribution in [0.2, 0.25) is 0 Å². The topological polar surface area (TPSA) is 79.5 Å². The quantitative estimate of drug-likeness (QED) is 0.697. The lowest BCUT2D eigenvalue weighted by Gasteiger charge is -2.28. The molecule has 1 aromatic rings. The Morgan fingerprint density at radius 3 is 2.40 bits per heavy atom. The first-order valence-corrected chi connectivity index (χ1v) is 9.04. The first-order chi connectivity index (χ1) is 12.1. The lowest BCUT2D eigenvalue weighted by atomic mass is 9.89. The summed E-state index contributed by atoms with van der Waals surface area (Å²) in [7, 11) is 1.62. The minimum absolute atomic E-state index is 0.0223. The van der Waals surface area contributed by atoms with Gasteiger partial charge in [-0.15, -0.1) is 0 Å². The summed E-state index contributed by atoms with van der Waals surface area (Å²) in [5.41, 5.74) is 0.991. The molecule has 6 nitrogen and oxygen atoms in total. The van der Waals surface area contributed by atoms with E-state index in [4.69, 9.17) is 4.74 Å². The standard InChI is InChI=1S/C19H27N3O3/c1-25-17-6-2-13(3-7-17)11-20-19(24)12-21-18(23)10-14-8-15-4-5-16(9-14)22-15/h2-3,6-7,14-16,22H,4-5,8-12H2,1H3,(H,20,24)(H,21,23). The van der Waals surface area contributed by atoms with Crippen LogP contribution in [0.25, 0.3) is 0 Å². The van der Waals surface area contributed by atoms with Crippen molar-refractivity contribution in [2.45, 2.75) is 50.7 Å². The van der Waals surface area contributed by atoms with Gasteiger partial charge in [-0.3, -0.25) is 9.59 Å². The van der Waals surface area contributed by atoms with Crippen molar-refractivity contribution < 1.29 is 14.3 Å². The third-order valence-corrected chi connectivity index (χ3v) is 5.14. The summed E-state index contributed by atoms with van der Waals surface area (Å²) >= 11 is 0. The average Bonchev–Trinajstić information content (AvgIpc) is 2.97. The molecule has 2 aliphatic rings. The van der Waals surface area contributed by atoms with Gasteiger partial charge in [0.2, 0.25) is 11.8 Å².